The van der Waals surface area contributed by atoms with Crippen molar-refractivity contribution in [1.82, 2.24) is 4.31 Å². The van der Waals surface area contributed by atoms with Crippen molar-refractivity contribution < 1.29 is 8.42 Å². The average molecular weight is 361 g/mol. The van der Waals surface area contributed by atoms with E-state index < -0.39 is 10.0 Å². The minimum atomic E-state index is -3.31. The Morgan fingerprint density at radius 3 is 2.47 bits per heavy atom. The molecule has 0 bridgehead atoms. The first-order valence-electron chi connectivity index (χ1n) is 4.76. The van der Waals surface area contributed by atoms with Gasteiger partial charge in [-0.1, -0.05) is 45.2 Å². The molecule has 0 aromatic heterocycles. The molecule has 0 radical (unpaired) electrons. The van der Waals surface area contributed by atoms with Gasteiger partial charge in [-0.05, 0) is 24.6 Å². The van der Waals surface area contributed by atoms with Crippen LogP contribution >= 0.6 is 39.1 Å². The summed E-state index contributed by atoms with van der Waals surface area (Å²) in [5, 5.41) is 0.985. The van der Waals surface area contributed by atoms with Crippen LogP contribution in [0.5, 0.6) is 0 Å². The van der Waals surface area contributed by atoms with Gasteiger partial charge in [-0.15, -0.1) is 0 Å². The second-order valence-electron chi connectivity index (χ2n) is 3.58. The summed E-state index contributed by atoms with van der Waals surface area (Å²) in [4.78, 5) is 0. The van der Waals surface area contributed by atoms with Crippen molar-refractivity contribution in [3.8, 4) is 0 Å². The standard InChI is InChI=1S/C10H12BrCl2NO2S/c1-7(14(2)17(15,16)6-11)9-4-3-8(12)5-10(9)13/h3-5,7H,6H2,1-2H3/t7-/m1/s1. The largest absolute Gasteiger partial charge is 0.224 e. The van der Waals surface area contributed by atoms with E-state index in [1.807, 2.05) is 0 Å². The van der Waals surface area contributed by atoms with Gasteiger partial charge in [-0.3, -0.25) is 0 Å². The molecule has 0 saturated heterocycles. The molecule has 0 amide bonds. The van der Waals surface area contributed by atoms with E-state index in [0.29, 0.717) is 10.0 Å². The van der Waals surface area contributed by atoms with Crippen LogP contribution in [-0.2, 0) is 10.0 Å². The topological polar surface area (TPSA) is 37.4 Å². The van der Waals surface area contributed by atoms with Gasteiger partial charge in [0.1, 0.15) is 4.66 Å². The molecule has 1 aromatic rings. The number of benzene rings is 1. The molecule has 0 spiro atoms. The highest BCUT2D eigenvalue weighted by Gasteiger charge is 2.24. The highest BCUT2D eigenvalue weighted by molar-refractivity contribution is 9.10. The first-order chi connectivity index (χ1) is 7.79. The van der Waals surface area contributed by atoms with Crippen LogP contribution in [0.2, 0.25) is 10.0 Å². The fourth-order valence-electron chi connectivity index (χ4n) is 1.35. The number of rotatable bonds is 4. The lowest BCUT2D eigenvalue weighted by molar-refractivity contribution is 0.401. The van der Waals surface area contributed by atoms with E-state index in [1.165, 1.54) is 11.4 Å². The molecule has 0 unspecified atom stereocenters. The van der Waals surface area contributed by atoms with Crippen LogP contribution in [0.15, 0.2) is 18.2 Å². The first kappa shape index (κ1) is 15.2. The summed E-state index contributed by atoms with van der Waals surface area (Å²) >= 11 is 14.8. The minimum Gasteiger partial charge on any atom is -0.211 e. The predicted molar refractivity (Wildman–Crippen MR) is 75.4 cm³/mol. The number of hydrogen-bond acceptors (Lipinski definition) is 2. The average Bonchev–Trinajstić information content (AvgIpc) is 2.27. The summed E-state index contributed by atoms with van der Waals surface area (Å²) in [6.45, 7) is 1.77. The molecule has 0 aliphatic rings. The van der Waals surface area contributed by atoms with Crippen LogP contribution in [0.25, 0.3) is 0 Å². The Kier molecular flexibility index (Phi) is 5.28. The number of halogens is 3. The second kappa shape index (κ2) is 5.89. The van der Waals surface area contributed by atoms with Crippen molar-refractivity contribution in [2.24, 2.45) is 0 Å². The Morgan fingerprint density at radius 2 is 2.00 bits per heavy atom. The van der Waals surface area contributed by atoms with Crippen LogP contribution in [0.3, 0.4) is 0 Å². The van der Waals surface area contributed by atoms with Crippen molar-refractivity contribution in [2.45, 2.75) is 13.0 Å². The number of alkyl halides is 1. The van der Waals surface area contributed by atoms with Crippen LogP contribution < -0.4 is 0 Å². The van der Waals surface area contributed by atoms with Crippen molar-refractivity contribution in [1.29, 1.82) is 0 Å². The fraction of sp³-hybridized carbons (Fsp3) is 0.400. The summed E-state index contributed by atoms with van der Waals surface area (Å²) in [5.41, 5.74) is 0.725. The molecule has 7 heteroatoms. The van der Waals surface area contributed by atoms with E-state index in [9.17, 15) is 8.42 Å². The zero-order valence-corrected chi connectivity index (χ0v) is 13.2. The maximum absolute atomic E-state index is 11.7. The number of nitrogens with zero attached hydrogens (tertiary/aromatic N) is 1. The van der Waals surface area contributed by atoms with Crippen LogP contribution in [0.4, 0.5) is 0 Å². The monoisotopic (exact) mass is 359 g/mol. The first-order valence-corrected chi connectivity index (χ1v) is 8.25. The van der Waals surface area contributed by atoms with Crippen LogP contribution in [0, 0.1) is 0 Å². The van der Waals surface area contributed by atoms with E-state index in [0.717, 1.165) is 5.56 Å². The lowest BCUT2D eigenvalue weighted by Crippen LogP contribution is -2.30. The number of sulfonamides is 1. The van der Waals surface area contributed by atoms with Gasteiger partial charge in [-0.25, -0.2) is 8.42 Å². The number of hydrogen-bond donors (Lipinski definition) is 0. The third-order valence-corrected chi connectivity index (χ3v) is 6.30. The third-order valence-electron chi connectivity index (χ3n) is 2.53. The van der Waals surface area contributed by atoms with E-state index >= 15 is 0 Å². The molecule has 0 aliphatic carbocycles. The summed E-state index contributed by atoms with van der Waals surface area (Å²) < 4.78 is 24.6. The molecular formula is C10H12BrCl2NO2S. The van der Waals surface area contributed by atoms with Crippen LogP contribution in [-0.4, -0.2) is 24.4 Å². The van der Waals surface area contributed by atoms with Crippen molar-refractivity contribution in [3.05, 3.63) is 33.8 Å². The van der Waals surface area contributed by atoms with Gasteiger partial charge in [0.25, 0.3) is 0 Å². The molecule has 3 nitrogen and oxygen atoms in total. The summed E-state index contributed by atoms with van der Waals surface area (Å²) in [5.74, 6) is 0. The SMILES string of the molecule is C[C@H](c1ccc(Cl)cc1Cl)N(C)S(=O)(=O)CBr. The van der Waals surface area contributed by atoms with Gasteiger partial charge in [0.05, 0.1) is 0 Å². The molecule has 0 aliphatic heterocycles. The van der Waals surface area contributed by atoms with Gasteiger partial charge in [0, 0.05) is 23.1 Å². The lowest BCUT2D eigenvalue weighted by Gasteiger charge is -2.24. The maximum Gasteiger partial charge on any atom is 0.224 e. The van der Waals surface area contributed by atoms with Crippen molar-refractivity contribution >= 4 is 49.2 Å². The Balaban J connectivity index is 3.09. The Labute approximate surface area is 120 Å². The Morgan fingerprint density at radius 1 is 1.41 bits per heavy atom. The van der Waals surface area contributed by atoms with Gasteiger partial charge in [0.15, 0.2) is 0 Å². The molecule has 0 N–H and O–H groups in total. The fourth-order valence-corrected chi connectivity index (χ4v) is 3.64. The molecule has 1 aromatic carbocycles. The Hall–Kier alpha value is 0.190. The lowest BCUT2D eigenvalue weighted by atomic mass is 10.1. The zero-order chi connectivity index (χ0) is 13.2. The quantitative estimate of drug-likeness (QED) is 0.768. The highest BCUT2D eigenvalue weighted by Crippen LogP contribution is 2.30. The third kappa shape index (κ3) is 3.58. The zero-order valence-electron chi connectivity index (χ0n) is 9.32. The molecule has 96 valence electrons. The normalized spacial score (nSPS) is 14.0. The van der Waals surface area contributed by atoms with Crippen molar-refractivity contribution in [3.63, 3.8) is 0 Å². The minimum absolute atomic E-state index is 0.119. The predicted octanol–water partition coefficient (Wildman–Crippen LogP) is 3.67. The Bertz CT molecular complexity index is 507. The van der Waals surface area contributed by atoms with Gasteiger partial charge < -0.3 is 0 Å². The van der Waals surface area contributed by atoms with Crippen LogP contribution in [0.1, 0.15) is 18.5 Å². The molecule has 0 heterocycles. The van der Waals surface area contributed by atoms with E-state index in [4.69, 9.17) is 23.2 Å². The second-order valence-corrected chi connectivity index (χ2v) is 7.75. The molecule has 0 fully saturated rings. The summed E-state index contributed by atoms with van der Waals surface area (Å²) in [6, 6.07) is 4.68. The molecule has 1 rings (SSSR count). The highest BCUT2D eigenvalue weighted by atomic mass is 79.9. The van der Waals surface area contributed by atoms with E-state index in [1.54, 1.807) is 25.1 Å². The van der Waals surface area contributed by atoms with Gasteiger partial charge >= 0.3 is 0 Å². The van der Waals surface area contributed by atoms with Gasteiger partial charge in [-0.2, -0.15) is 4.31 Å². The molecule has 17 heavy (non-hydrogen) atoms. The molecule has 1 atom stereocenters. The van der Waals surface area contributed by atoms with E-state index in [2.05, 4.69) is 15.9 Å². The van der Waals surface area contributed by atoms with Crippen molar-refractivity contribution in [2.75, 3.05) is 11.7 Å². The van der Waals surface area contributed by atoms with Gasteiger partial charge in [0.2, 0.25) is 10.0 Å². The smallest absolute Gasteiger partial charge is 0.211 e. The summed E-state index contributed by atoms with van der Waals surface area (Å²) in [7, 11) is -1.79. The molecular weight excluding hydrogens is 349 g/mol. The molecule has 0 saturated carbocycles. The van der Waals surface area contributed by atoms with E-state index in [-0.39, 0.29) is 10.7 Å². The summed E-state index contributed by atoms with van der Waals surface area (Å²) in [6.07, 6.45) is 0. The maximum atomic E-state index is 11.7.